The lowest BCUT2D eigenvalue weighted by atomic mass is 9.89. The predicted molar refractivity (Wildman–Crippen MR) is 76.9 cm³/mol. The summed E-state index contributed by atoms with van der Waals surface area (Å²) >= 11 is 0. The van der Waals surface area contributed by atoms with Gasteiger partial charge in [-0.2, -0.15) is 0 Å². The molecule has 6 nitrogen and oxygen atoms in total. The van der Waals surface area contributed by atoms with Crippen molar-refractivity contribution in [2.24, 2.45) is 11.7 Å². The van der Waals surface area contributed by atoms with Crippen LogP contribution in [0.3, 0.4) is 0 Å². The first-order valence-corrected chi connectivity index (χ1v) is 7.41. The minimum Gasteiger partial charge on any atom is -0.492 e. The molecule has 2 amide bonds. The zero-order chi connectivity index (χ0) is 14.7. The molecular formula is C15H21N3O3. The molecule has 1 aromatic rings. The number of ether oxygens (including phenoxy) is 2. The number of morpholine rings is 1. The van der Waals surface area contributed by atoms with E-state index in [4.69, 9.17) is 15.2 Å². The van der Waals surface area contributed by atoms with Crippen LogP contribution in [0, 0.1) is 5.92 Å². The van der Waals surface area contributed by atoms with Gasteiger partial charge in [0.1, 0.15) is 5.75 Å². The van der Waals surface area contributed by atoms with Crippen molar-refractivity contribution in [1.29, 1.82) is 0 Å². The van der Waals surface area contributed by atoms with Crippen molar-refractivity contribution in [3.63, 3.8) is 0 Å². The van der Waals surface area contributed by atoms with Crippen LogP contribution in [0.4, 0.5) is 4.79 Å². The van der Waals surface area contributed by atoms with Gasteiger partial charge in [-0.1, -0.05) is 0 Å². The molecular weight excluding hydrogens is 270 g/mol. The number of hydrogen-bond donors (Lipinski definition) is 1. The first-order valence-electron chi connectivity index (χ1n) is 7.41. The van der Waals surface area contributed by atoms with E-state index >= 15 is 0 Å². The average molecular weight is 291 g/mol. The molecule has 0 aromatic carbocycles. The Morgan fingerprint density at radius 1 is 1.62 bits per heavy atom. The van der Waals surface area contributed by atoms with E-state index in [2.05, 4.69) is 4.98 Å². The number of aromatic nitrogens is 1. The van der Waals surface area contributed by atoms with Crippen LogP contribution < -0.4 is 10.5 Å². The molecule has 21 heavy (non-hydrogen) atoms. The first-order chi connectivity index (χ1) is 10.2. The van der Waals surface area contributed by atoms with E-state index in [1.807, 2.05) is 12.1 Å². The Balaban J connectivity index is 1.65. The topological polar surface area (TPSA) is 77.7 Å². The number of carbonyl (C=O) groups is 1. The SMILES string of the molecule is NC(=O)N1CCO[C@]2(CCC[C@@H]2COc2cccnc2)C1. The van der Waals surface area contributed by atoms with Crippen LogP contribution in [0.5, 0.6) is 5.75 Å². The van der Waals surface area contributed by atoms with Gasteiger partial charge >= 0.3 is 6.03 Å². The van der Waals surface area contributed by atoms with Gasteiger partial charge < -0.3 is 20.1 Å². The fraction of sp³-hybridized carbons (Fsp3) is 0.600. The van der Waals surface area contributed by atoms with E-state index < -0.39 is 0 Å². The summed E-state index contributed by atoms with van der Waals surface area (Å²) in [6, 6.07) is 3.38. The molecule has 2 fully saturated rings. The monoisotopic (exact) mass is 291 g/mol. The third-order valence-electron chi connectivity index (χ3n) is 4.50. The quantitative estimate of drug-likeness (QED) is 0.913. The van der Waals surface area contributed by atoms with Crippen molar-refractivity contribution in [3.05, 3.63) is 24.5 Å². The van der Waals surface area contributed by atoms with Crippen molar-refractivity contribution in [2.75, 3.05) is 26.3 Å². The van der Waals surface area contributed by atoms with Gasteiger partial charge in [0.2, 0.25) is 0 Å². The van der Waals surface area contributed by atoms with Crippen LogP contribution in [0.15, 0.2) is 24.5 Å². The molecule has 1 aliphatic carbocycles. The summed E-state index contributed by atoms with van der Waals surface area (Å²) < 4.78 is 11.9. The lowest BCUT2D eigenvalue weighted by Crippen LogP contribution is -2.57. The molecule has 0 radical (unpaired) electrons. The predicted octanol–water partition coefficient (Wildman–Crippen LogP) is 1.41. The Morgan fingerprint density at radius 2 is 2.52 bits per heavy atom. The molecule has 2 heterocycles. The molecule has 1 aromatic heterocycles. The van der Waals surface area contributed by atoms with E-state index in [9.17, 15) is 4.79 Å². The Hall–Kier alpha value is -1.82. The Morgan fingerprint density at radius 3 is 3.29 bits per heavy atom. The summed E-state index contributed by atoms with van der Waals surface area (Å²) in [4.78, 5) is 17.2. The zero-order valence-corrected chi connectivity index (χ0v) is 12.0. The van der Waals surface area contributed by atoms with Gasteiger partial charge in [-0.25, -0.2) is 4.79 Å². The van der Waals surface area contributed by atoms with E-state index in [-0.39, 0.29) is 17.6 Å². The third kappa shape index (κ3) is 2.95. The van der Waals surface area contributed by atoms with Crippen molar-refractivity contribution in [1.82, 2.24) is 9.88 Å². The van der Waals surface area contributed by atoms with Crippen molar-refractivity contribution in [3.8, 4) is 5.75 Å². The highest BCUT2D eigenvalue weighted by molar-refractivity contribution is 5.72. The molecule has 0 bridgehead atoms. The number of carbonyl (C=O) groups excluding carboxylic acids is 1. The molecule has 2 aliphatic rings. The molecule has 114 valence electrons. The van der Waals surface area contributed by atoms with Crippen LogP contribution in [0.25, 0.3) is 0 Å². The molecule has 1 saturated heterocycles. The first kappa shape index (κ1) is 14.1. The van der Waals surface area contributed by atoms with Crippen molar-refractivity contribution in [2.45, 2.75) is 24.9 Å². The largest absolute Gasteiger partial charge is 0.492 e. The van der Waals surface area contributed by atoms with Gasteiger partial charge in [0.15, 0.2) is 0 Å². The molecule has 6 heteroatoms. The maximum Gasteiger partial charge on any atom is 0.314 e. The number of nitrogens with zero attached hydrogens (tertiary/aromatic N) is 2. The smallest absolute Gasteiger partial charge is 0.314 e. The van der Waals surface area contributed by atoms with Crippen LogP contribution >= 0.6 is 0 Å². The maximum atomic E-state index is 11.4. The van der Waals surface area contributed by atoms with Gasteiger partial charge in [0.05, 0.1) is 31.6 Å². The second-order valence-electron chi connectivity index (χ2n) is 5.76. The standard InChI is InChI=1S/C15H21N3O3/c16-14(19)18-7-8-21-15(11-18)5-1-3-12(15)10-20-13-4-2-6-17-9-13/h2,4,6,9,12H,1,3,5,7-8,10-11H2,(H2,16,19)/t12-,15-/m1/s1. The maximum absolute atomic E-state index is 11.4. The van der Waals surface area contributed by atoms with Gasteiger partial charge in [0, 0.05) is 18.7 Å². The summed E-state index contributed by atoms with van der Waals surface area (Å²) in [5.74, 6) is 1.04. The van der Waals surface area contributed by atoms with E-state index in [0.717, 1.165) is 25.0 Å². The van der Waals surface area contributed by atoms with Crippen LogP contribution in [-0.2, 0) is 4.74 Å². The molecule has 0 unspecified atom stereocenters. The third-order valence-corrected chi connectivity index (χ3v) is 4.50. The molecule has 3 rings (SSSR count). The average Bonchev–Trinajstić information content (AvgIpc) is 2.88. The fourth-order valence-electron chi connectivity index (χ4n) is 3.37. The number of hydrogen-bond acceptors (Lipinski definition) is 4. The van der Waals surface area contributed by atoms with E-state index in [1.165, 1.54) is 0 Å². The highest BCUT2D eigenvalue weighted by Gasteiger charge is 2.47. The van der Waals surface area contributed by atoms with Crippen LogP contribution in [-0.4, -0.2) is 47.8 Å². The molecule has 1 aliphatic heterocycles. The number of rotatable bonds is 3. The van der Waals surface area contributed by atoms with Crippen molar-refractivity contribution >= 4 is 6.03 Å². The normalized spacial score (nSPS) is 28.8. The summed E-state index contributed by atoms with van der Waals surface area (Å²) in [6.07, 6.45) is 6.52. The van der Waals surface area contributed by atoms with Gasteiger partial charge in [-0.15, -0.1) is 0 Å². The summed E-state index contributed by atoms with van der Waals surface area (Å²) in [7, 11) is 0. The number of amides is 2. The van der Waals surface area contributed by atoms with Gasteiger partial charge in [0.25, 0.3) is 0 Å². The van der Waals surface area contributed by atoms with E-state index in [1.54, 1.807) is 17.3 Å². The number of nitrogens with two attached hydrogens (primary N) is 1. The zero-order valence-electron chi connectivity index (χ0n) is 12.0. The van der Waals surface area contributed by atoms with Gasteiger partial charge in [-0.05, 0) is 31.4 Å². The minimum atomic E-state index is -0.364. The van der Waals surface area contributed by atoms with Crippen LogP contribution in [0.2, 0.25) is 0 Å². The summed E-state index contributed by atoms with van der Waals surface area (Å²) in [6.45, 7) is 2.28. The molecule has 2 N–H and O–H groups in total. The summed E-state index contributed by atoms with van der Waals surface area (Å²) in [5, 5.41) is 0. The molecule has 1 saturated carbocycles. The number of primary amides is 1. The second-order valence-corrected chi connectivity index (χ2v) is 5.76. The molecule has 1 spiro atoms. The lowest BCUT2D eigenvalue weighted by Gasteiger charge is -2.43. The fourth-order valence-corrected chi connectivity index (χ4v) is 3.37. The molecule has 2 atom stereocenters. The Kier molecular flexibility index (Phi) is 3.96. The number of urea groups is 1. The minimum absolute atomic E-state index is 0.278. The summed E-state index contributed by atoms with van der Waals surface area (Å²) in [5.41, 5.74) is 5.12. The second kappa shape index (κ2) is 5.89. The highest BCUT2D eigenvalue weighted by Crippen LogP contribution is 2.41. The lowest BCUT2D eigenvalue weighted by molar-refractivity contribution is -0.124. The van der Waals surface area contributed by atoms with Crippen molar-refractivity contribution < 1.29 is 14.3 Å². The van der Waals surface area contributed by atoms with E-state index in [0.29, 0.717) is 26.3 Å². The Labute approximate surface area is 124 Å². The van der Waals surface area contributed by atoms with Crippen LogP contribution in [0.1, 0.15) is 19.3 Å². The highest BCUT2D eigenvalue weighted by atomic mass is 16.5. The van der Waals surface area contributed by atoms with Gasteiger partial charge in [-0.3, -0.25) is 4.98 Å². The number of pyridine rings is 1. The Bertz CT molecular complexity index is 496.